The first-order valence-electron chi connectivity index (χ1n) is 5.15. The molecule has 4 nitrogen and oxygen atoms in total. The predicted molar refractivity (Wildman–Crippen MR) is 61.6 cm³/mol. The molecule has 1 amide bonds. The molecule has 5 heteroatoms. The Morgan fingerprint density at radius 1 is 1.56 bits per heavy atom. The molecule has 0 radical (unpaired) electrons. The van der Waals surface area contributed by atoms with Gasteiger partial charge in [-0.2, -0.15) is 0 Å². The molecule has 1 N–H and O–H groups in total. The van der Waals surface area contributed by atoms with Gasteiger partial charge in [-0.15, -0.1) is 11.3 Å². The van der Waals surface area contributed by atoms with E-state index in [0.29, 0.717) is 24.5 Å². The van der Waals surface area contributed by atoms with Crippen LogP contribution in [0.2, 0.25) is 0 Å². The van der Waals surface area contributed by atoms with Crippen LogP contribution in [0.1, 0.15) is 19.8 Å². The van der Waals surface area contributed by atoms with Crippen molar-refractivity contribution in [2.75, 3.05) is 6.61 Å². The number of fused-ring (bicyclic) bond motifs is 1. The van der Waals surface area contributed by atoms with E-state index in [2.05, 4.69) is 5.32 Å². The molecule has 0 atom stereocenters. The van der Waals surface area contributed by atoms with Gasteiger partial charge in [-0.25, -0.2) is 0 Å². The smallest absolute Gasteiger partial charge is 0.224 e. The Morgan fingerprint density at radius 3 is 3.19 bits per heavy atom. The molecule has 2 rings (SSSR count). The SMILES string of the molecule is CCCC(=O)N/C=C1/COc2cscc2O1. The fourth-order valence-corrected chi connectivity index (χ4v) is 1.97. The molecule has 86 valence electrons. The molecule has 0 bridgehead atoms. The summed E-state index contributed by atoms with van der Waals surface area (Å²) < 4.78 is 11.0. The topological polar surface area (TPSA) is 47.6 Å². The van der Waals surface area contributed by atoms with E-state index in [-0.39, 0.29) is 5.91 Å². The molecule has 1 aliphatic heterocycles. The van der Waals surface area contributed by atoms with Crippen LogP contribution < -0.4 is 14.8 Å². The maximum atomic E-state index is 11.2. The molecular formula is C11H13NO3S. The number of ether oxygens (including phenoxy) is 2. The van der Waals surface area contributed by atoms with Gasteiger partial charge in [0.25, 0.3) is 0 Å². The summed E-state index contributed by atoms with van der Waals surface area (Å²) in [7, 11) is 0. The minimum Gasteiger partial charge on any atom is -0.481 e. The van der Waals surface area contributed by atoms with E-state index in [1.54, 1.807) is 6.20 Å². The molecule has 1 aliphatic rings. The maximum absolute atomic E-state index is 11.2. The molecule has 1 aromatic rings. The molecule has 0 aromatic carbocycles. The lowest BCUT2D eigenvalue weighted by atomic mass is 10.3. The second kappa shape index (κ2) is 5.03. The van der Waals surface area contributed by atoms with Crippen molar-refractivity contribution in [1.82, 2.24) is 5.32 Å². The first-order chi connectivity index (χ1) is 7.79. The summed E-state index contributed by atoms with van der Waals surface area (Å²) in [6, 6.07) is 0. The minimum absolute atomic E-state index is 0.00489. The number of thiophene rings is 1. The van der Waals surface area contributed by atoms with Crippen molar-refractivity contribution >= 4 is 17.2 Å². The van der Waals surface area contributed by atoms with Crippen molar-refractivity contribution in [3.05, 3.63) is 22.7 Å². The molecule has 0 spiro atoms. The number of carbonyl (C=O) groups is 1. The number of nitrogens with one attached hydrogen (secondary N) is 1. The quantitative estimate of drug-likeness (QED) is 0.880. The summed E-state index contributed by atoms with van der Waals surface area (Å²) in [6.45, 7) is 2.32. The van der Waals surface area contributed by atoms with E-state index >= 15 is 0 Å². The number of rotatable bonds is 3. The molecular weight excluding hydrogens is 226 g/mol. The second-order valence-corrected chi connectivity index (χ2v) is 4.16. The lowest BCUT2D eigenvalue weighted by Crippen LogP contribution is -2.21. The fraction of sp³-hybridized carbons (Fsp3) is 0.364. The van der Waals surface area contributed by atoms with Crippen LogP contribution in [0, 0.1) is 0 Å². The largest absolute Gasteiger partial charge is 0.481 e. The number of hydrogen-bond donors (Lipinski definition) is 1. The van der Waals surface area contributed by atoms with Crippen molar-refractivity contribution in [3.63, 3.8) is 0 Å². The van der Waals surface area contributed by atoms with E-state index in [1.807, 2.05) is 17.7 Å². The van der Waals surface area contributed by atoms with Gasteiger partial charge < -0.3 is 14.8 Å². The van der Waals surface area contributed by atoms with Gasteiger partial charge in [0.1, 0.15) is 6.61 Å². The summed E-state index contributed by atoms with van der Waals surface area (Å²) in [5.74, 6) is 2.10. The standard InChI is InChI=1S/C11H13NO3S/c1-2-3-11(13)12-4-8-5-14-9-6-16-7-10(9)15-8/h4,6-7H,2-3,5H2,1H3,(H,12,13)/b8-4-. The summed E-state index contributed by atoms with van der Waals surface area (Å²) in [6.07, 6.45) is 2.92. The monoisotopic (exact) mass is 239 g/mol. The molecule has 0 saturated carbocycles. The van der Waals surface area contributed by atoms with Crippen LogP contribution >= 0.6 is 11.3 Å². The van der Waals surface area contributed by atoms with Crippen molar-refractivity contribution in [2.45, 2.75) is 19.8 Å². The third-order valence-electron chi connectivity index (χ3n) is 2.08. The third-order valence-corrected chi connectivity index (χ3v) is 2.78. The van der Waals surface area contributed by atoms with Gasteiger partial charge in [0.05, 0.1) is 0 Å². The lowest BCUT2D eigenvalue weighted by Gasteiger charge is -2.17. The van der Waals surface area contributed by atoms with Gasteiger partial charge in [-0.1, -0.05) is 6.92 Å². The highest BCUT2D eigenvalue weighted by Crippen LogP contribution is 2.35. The van der Waals surface area contributed by atoms with Gasteiger partial charge >= 0.3 is 0 Å². The van der Waals surface area contributed by atoms with Gasteiger partial charge in [0, 0.05) is 23.4 Å². The van der Waals surface area contributed by atoms with Crippen LogP contribution in [0.3, 0.4) is 0 Å². The van der Waals surface area contributed by atoms with E-state index in [9.17, 15) is 4.79 Å². The number of amides is 1. The zero-order valence-electron chi connectivity index (χ0n) is 8.99. The van der Waals surface area contributed by atoms with Crippen LogP contribution in [-0.4, -0.2) is 12.5 Å². The Balaban J connectivity index is 1.93. The van der Waals surface area contributed by atoms with Crippen molar-refractivity contribution in [2.24, 2.45) is 0 Å². The fourth-order valence-electron chi connectivity index (χ4n) is 1.30. The van der Waals surface area contributed by atoms with Gasteiger partial charge in [0.2, 0.25) is 5.91 Å². The molecule has 0 fully saturated rings. The summed E-state index contributed by atoms with van der Waals surface area (Å²) >= 11 is 1.53. The second-order valence-electron chi connectivity index (χ2n) is 3.42. The molecule has 16 heavy (non-hydrogen) atoms. The first-order valence-corrected chi connectivity index (χ1v) is 6.09. The van der Waals surface area contributed by atoms with Gasteiger partial charge in [0.15, 0.2) is 17.3 Å². The highest BCUT2D eigenvalue weighted by atomic mass is 32.1. The molecule has 1 aromatic heterocycles. The van der Waals surface area contributed by atoms with Crippen LogP contribution in [0.15, 0.2) is 22.7 Å². The molecule has 2 heterocycles. The summed E-state index contributed by atoms with van der Waals surface area (Å²) in [4.78, 5) is 11.2. The van der Waals surface area contributed by atoms with Crippen LogP contribution in [-0.2, 0) is 4.79 Å². The number of carbonyl (C=O) groups excluding carboxylic acids is 1. The van der Waals surface area contributed by atoms with Crippen LogP contribution in [0.4, 0.5) is 0 Å². The third kappa shape index (κ3) is 2.55. The van der Waals surface area contributed by atoms with Crippen LogP contribution in [0.25, 0.3) is 0 Å². The zero-order valence-corrected chi connectivity index (χ0v) is 9.80. The molecule has 0 saturated heterocycles. The Labute approximate surface area is 97.9 Å². The van der Waals surface area contributed by atoms with Crippen molar-refractivity contribution in [3.8, 4) is 11.5 Å². The maximum Gasteiger partial charge on any atom is 0.224 e. The van der Waals surface area contributed by atoms with E-state index in [4.69, 9.17) is 9.47 Å². The summed E-state index contributed by atoms with van der Waals surface area (Å²) in [5, 5.41) is 6.44. The Bertz CT molecular complexity index is 411. The zero-order chi connectivity index (χ0) is 11.4. The Kier molecular flexibility index (Phi) is 3.46. The number of hydrogen-bond acceptors (Lipinski definition) is 4. The lowest BCUT2D eigenvalue weighted by molar-refractivity contribution is -0.120. The summed E-state index contributed by atoms with van der Waals surface area (Å²) in [5.41, 5.74) is 0. The van der Waals surface area contributed by atoms with E-state index < -0.39 is 0 Å². The first kappa shape index (κ1) is 11.0. The Morgan fingerprint density at radius 2 is 2.38 bits per heavy atom. The normalized spacial score (nSPS) is 16.2. The molecule has 0 aliphatic carbocycles. The van der Waals surface area contributed by atoms with Gasteiger partial charge in [-0.3, -0.25) is 4.79 Å². The van der Waals surface area contributed by atoms with Crippen molar-refractivity contribution in [1.29, 1.82) is 0 Å². The average molecular weight is 239 g/mol. The predicted octanol–water partition coefficient (Wildman–Crippen LogP) is 2.28. The van der Waals surface area contributed by atoms with Crippen molar-refractivity contribution < 1.29 is 14.3 Å². The average Bonchev–Trinajstić information content (AvgIpc) is 2.74. The highest BCUT2D eigenvalue weighted by molar-refractivity contribution is 7.08. The Hall–Kier alpha value is -1.49. The van der Waals surface area contributed by atoms with Gasteiger partial charge in [-0.05, 0) is 6.42 Å². The molecule has 0 unspecified atom stereocenters. The van der Waals surface area contributed by atoms with E-state index in [1.165, 1.54) is 11.3 Å². The van der Waals surface area contributed by atoms with Crippen LogP contribution in [0.5, 0.6) is 11.5 Å². The highest BCUT2D eigenvalue weighted by Gasteiger charge is 2.16. The van der Waals surface area contributed by atoms with E-state index in [0.717, 1.165) is 12.2 Å². The minimum atomic E-state index is -0.00489.